The number of hydrogen-bond donors (Lipinski definition) is 0. The molecule has 2 heterocycles. The van der Waals surface area contributed by atoms with E-state index in [1.54, 1.807) is 16.8 Å². The van der Waals surface area contributed by atoms with Crippen LogP contribution in [-0.2, 0) is 13.0 Å². The lowest BCUT2D eigenvalue weighted by Gasteiger charge is -2.11. The minimum absolute atomic E-state index is 0.106. The second-order valence-electron chi connectivity index (χ2n) is 6.64. The van der Waals surface area contributed by atoms with Gasteiger partial charge in [-0.3, -0.25) is 9.48 Å². The van der Waals surface area contributed by atoms with Gasteiger partial charge in [0.2, 0.25) is 0 Å². The van der Waals surface area contributed by atoms with Crippen LogP contribution in [0.4, 0.5) is 0 Å². The molecule has 0 fully saturated rings. The number of allylic oxidation sites excluding steroid dienone is 1. The molecule has 0 bridgehead atoms. The fourth-order valence-electron chi connectivity index (χ4n) is 3.61. The number of aryl methyl sites for hydroxylation is 1. The summed E-state index contributed by atoms with van der Waals surface area (Å²) in [5.74, 6) is 0. The van der Waals surface area contributed by atoms with E-state index in [-0.39, 0.29) is 5.56 Å². The molecule has 2 aromatic carbocycles. The van der Waals surface area contributed by atoms with Gasteiger partial charge in [-0.25, -0.2) is 4.98 Å². The van der Waals surface area contributed by atoms with Gasteiger partial charge in [0, 0.05) is 33.9 Å². The summed E-state index contributed by atoms with van der Waals surface area (Å²) >= 11 is 12.7. The average Bonchev–Trinajstić information content (AvgIpc) is 3.06. The highest BCUT2D eigenvalue weighted by atomic mass is 35.5. The third-order valence-corrected chi connectivity index (χ3v) is 5.48. The van der Waals surface area contributed by atoms with Crippen LogP contribution in [0.25, 0.3) is 28.0 Å². The first kappa shape index (κ1) is 19.5. The Morgan fingerprint density at radius 3 is 2.48 bits per heavy atom. The molecule has 2 aromatic heterocycles. The van der Waals surface area contributed by atoms with E-state index >= 15 is 0 Å². The number of nitrogens with zero attached hydrogens (tertiary/aromatic N) is 3. The van der Waals surface area contributed by atoms with Gasteiger partial charge in [-0.2, -0.15) is 4.52 Å². The number of hydrogen-bond acceptors (Lipinski definition) is 2. The number of benzene rings is 2. The fraction of sp³-hybridized carbons (Fsp3) is 0.130. The Bertz CT molecular complexity index is 1270. The molecule has 0 radical (unpaired) electrons. The summed E-state index contributed by atoms with van der Waals surface area (Å²) in [5.41, 5.74) is 4.53. The van der Waals surface area contributed by atoms with Gasteiger partial charge in [0.15, 0.2) is 5.65 Å². The largest absolute Gasteiger partial charge is 0.276 e. The first-order chi connectivity index (χ1) is 14.1. The first-order valence-corrected chi connectivity index (χ1v) is 10.1. The molecule has 0 atom stereocenters. The van der Waals surface area contributed by atoms with Gasteiger partial charge in [0.25, 0.3) is 5.56 Å². The standard InChI is InChI=1S/C23H19Cl2N3O/c1-3-7-16-14-26-22-20(15-10-12-17(24)13-11-15)21(18-8-5-6-9-19(18)25)27(4-2)28(22)23(16)29/h3,5-6,8-14H,1,4,7H2,2H3. The second kappa shape index (κ2) is 7.90. The van der Waals surface area contributed by atoms with E-state index in [4.69, 9.17) is 23.2 Å². The van der Waals surface area contributed by atoms with Crippen LogP contribution in [0.5, 0.6) is 0 Å². The molecule has 146 valence electrons. The quantitative estimate of drug-likeness (QED) is 0.375. The van der Waals surface area contributed by atoms with Gasteiger partial charge in [0.05, 0.1) is 11.3 Å². The normalized spacial score (nSPS) is 11.1. The van der Waals surface area contributed by atoms with E-state index in [1.165, 1.54) is 0 Å². The number of aromatic nitrogens is 3. The molecule has 6 heteroatoms. The molecule has 0 saturated heterocycles. The van der Waals surface area contributed by atoms with Crippen LogP contribution >= 0.6 is 23.2 Å². The lowest BCUT2D eigenvalue weighted by Crippen LogP contribution is -2.24. The lowest BCUT2D eigenvalue weighted by atomic mass is 10.0. The van der Waals surface area contributed by atoms with E-state index in [9.17, 15) is 4.79 Å². The van der Waals surface area contributed by atoms with Crippen molar-refractivity contribution in [3.8, 4) is 22.4 Å². The van der Waals surface area contributed by atoms with E-state index in [0.717, 1.165) is 22.4 Å². The Morgan fingerprint density at radius 2 is 1.83 bits per heavy atom. The molecular weight excluding hydrogens is 405 g/mol. The topological polar surface area (TPSA) is 39.3 Å². The van der Waals surface area contributed by atoms with Gasteiger partial charge < -0.3 is 0 Å². The smallest absolute Gasteiger partial charge is 0.275 e. The van der Waals surface area contributed by atoms with E-state index in [0.29, 0.717) is 34.2 Å². The van der Waals surface area contributed by atoms with Crippen molar-refractivity contribution >= 4 is 28.8 Å². The maximum atomic E-state index is 13.3. The Balaban J connectivity index is 2.19. The highest BCUT2D eigenvalue weighted by Crippen LogP contribution is 2.39. The van der Waals surface area contributed by atoms with E-state index < -0.39 is 0 Å². The highest BCUT2D eigenvalue weighted by Gasteiger charge is 2.23. The Morgan fingerprint density at radius 1 is 1.10 bits per heavy atom. The van der Waals surface area contributed by atoms with Crippen molar-refractivity contribution < 1.29 is 0 Å². The summed E-state index contributed by atoms with van der Waals surface area (Å²) in [5, 5.41) is 1.25. The number of halogens is 2. The summed E-state index contributed by atoms with van der Waals surface area (Å²) in [6.45, 7) is 6.32. The summed E-state index contributed by atoms with van der Waals surface area (Å²) in [6, 6.07) is 15.2. The lowest BCUT2D eigenvalue weighted by molar-refractivity contribution is 0.603. The second-order valence-corrected chi connectivity index (χ2v) is 7.49. The molecule has 29 heavy (non-hydrogen) atoms. The van der Waals surface area contributed by atoms with Crippen LogP contribution in [0.1, 0.15) is 12.5 Å². The van der Waals surface area contributed by atoms with Gasteiger partial charge in [0.1, 0.15) is 0 Å². The van der Waals surface area contributed by atoms with Gasteiger partial charge in [-0.05, 0) is 37.1 Å². The molecule has 0 amide bonds. The minimum atomic E-state index is -0.106. The van der Waals surface area contributed by atoms with Gasteiger partial charge in [-0.1, -0.05) is 59.6 Å². The molecular formula is C23H19Cl2N3O. The van der Waals surface area contributed by atoms with Crippen molar-refractivity contribution in [1.82, 2.24) is 14.2 Å². The van der Waals surface area contributed by atoms with Crippen LogP contribution < -0.4 is 5.56 Å². The van der Waals surface area contributed by atoms with Crippen molar-refractivity contribution in [1.29, 1.82) is 0 Å². The van der Waals surface area contributed by atoms with Crippen LogP contribution in [0.2, 0.25) is 10.0 Å². The van der Waals surface area contributed by atoms with Crippen molar-refractivity contribution in [2.45, 2.75) is 19.9 Å². The van der Waals surface area contributed by atoms with Gasteiger partial charge in [-0.15, -0.1) is 6.58 Å². The maximum Gasteiger partial charge on any atom is 0.276 e. The van der Waals surface area contributed by atoms with Crippen LogP contribution in [-0.4, -0.2) is 14.2 Å². The zero-order valence-corrected chi connectivity index (χ0v) is 17.4. The highest BCUT2D eigenvalue weighted by molar-refractivity contribution is 6.33. The van der Waals surface area contributed by atoms with E-state index in [1.807, 2.05) is 60.1 Å². The summed E-state index contributed by atoms with van der Waals surface area (Å²) in [4.78, 5) is 17.9. The Hall–Kier alpha value is -2.82. The third-order valence-electron chi connectivity index (χ3n) is 4.90. The van der Waals surface area contributed by atoms with Crippen molar-refractivity contribution in [3.05, 3.63) is 93.3 Å². The molecule has 0 unspecified atom stereocenters. The first-order valence-electron chi connectivity index (χ1n) is 9.32. The fourth-order valence-corrected chi connectivity index (χ4v) is 3.97. The molecule has 0 aliphatic carbocycles. The van der Waals surface area contributed by atoms with Crippen molar-refractivity contribution in [2.24, 2.45) is 0 Å². The van der Waals surface area contributed by atoms with Crippen molar-refractivity contribution in [2.75, 3.05) is 0 Å². The van der Waals surface area contributed by atoms with Gasteiger partial charge >= 0.3 is 0 Å². The predicted octanol–water partition coefficient (Wildman–Crippen LogP) is 5.89. The zero-order valence-electron chi connectivity index (χ0n) is 15.9. The molecule has 4 aromatic rings. The van der Waals surface area contributed by atoms with Crippen LogP contribution in [0, 0.1) is 0 Å². The molecule has 0 aliphatic rings. The summed E-state index contributed by atoms with van der Waals surface area (Å²) in [7, 11) is 0. The van der Waals surface area contributed by atoms with Crippen LogP contribution in [0.3, 0.4) is 0 Å². The molecule has 4 nitrogen and oxygen atoms in total. The third kappa shape index (κ3) is 3.28. The Labute approximate surface area is 178 Å². The van der Waals surface area contributed by atoms with Crippen LogP contribution in [0.15, 0.2) is 72.2 Å². The molecule has 0 aliphatic heterocycles. The zero-order chi connectivity index (χ0) is 20.5. The SMILES string of the molecule is C=CCc1cnc2c(-c3ccc(Cl)cc3)c(-c3ccccc3Cl)n(CC)n2c1=O. The molecule has 0 saturated carbocycles. The number of rotatable bonds is 5. The van der Waals surface area contributed by atoms with E-state index in [2.05, 4.69) is 11.6 Å². The minimum Gasteiger partial charge on any atom is -0.275 e. The van der Waals surface area contributed by atoms with Crippen molar-refractivity contribution in [3.63, 3.8) is 0 Å². The molecule has 0 N–H and O–H groups in total. The summed E-state index contributed by atoms with van der Waals surface area (Å²) in [6.07, 6.45) is 3.80. The summed E-state index contributed by atoms with van der Waals surface area (Å²) < 4.78 is 3.57. The monoisotopic (exact) mass is 423 g/mol. The Kier molecular flexibility index (Phi) is 5.31. The predicted molar refractivity (Wildman–Crippen MR) is 120 cm³/mol. The molecule has 4 rings (SSSR count). The maximum absolute atomic E-state index is 13.3. The average molecular weight is 424 g/mol. The number of fused-ring (bicyclic) bond motifs is 1. The molecule has 0 spiro atoms.